The number of hydrogen-bond donors (Lipinski definition) is 0. The summed E-state index contributed by atoms with van der Waals surface area (Å²) in [4.78, 5) is 24.1. The minimum Gasteiger partial charge on any atom is -0.747 e. The van der Waals surface area contributed by atoms with Crippen LogP contribution in [-0.4, -0.2) is 29.7 Å². The first-order valence-electron chi connectivity index (χ1n) is 9.45. The molecule has 0 heterocycles. The van der Waals surface area contributed by atoms with Crippen molar-refractivity contribution in [3.05, 3.63) is 0 Å². The van der Waals surface area contributed by atoms with Crippen molar-refractivity contribution in [2.75, 3.05) is 0 Å². The summed E-state index contributed by atoms with van der Waals surface area (Å²) in [5, 5.41) is 24.1. The van der Waals surface area contributed by atoms with Crippen molar-refractivity contribution in [3.63, 3.8) is 0 Å². The normalized spacial score (nSPS) is 13.2. The monoisotopic (exact) mass is 460 g/mol. The van der Waals surface area contributed by atoms with Crippen molar-refractivity contribution < 1.29 is 121 Å². The quantitative estimate of drug-likeness (QED) is 0.134. The summed E-state index contributed by atoms with van der Waals surface area (Å²) >= 11 is 0. The predicted molar refractivity (Wildman–Crippen MR) is 92.7 cm³/mol. The van der Waals surface area contributed by atoms with Crippen LogP contribution in [0.2, 0.25) is 0 Å². The molecule has 0 saturated heterocycles. The molecule has 7 nitrogen and oxygen atoms in total. The standard InChI is InChI=1S/C18H34O7S.3Na/c1-4-7-10-11-14-18(16(21)22,26(23,24)25)17(15(19)20,12-8-5-2)13-9-6-3;;;/h4-14H2,1-3H3,(H,19,20)(H,21,22)(H,23,24,25);;;/q;3*+1/p-3. The van der Waals surface area contributed by atoms with Crippen LogP contribution in [0.4, 0.5) is 0 Å². The van der Waals surface area contributed by atoms with Gasteiger partial charge < -0.3 is 24.4 Å². The van der Waals surface area contributed by atoms with E-state index in [0.29, 0.717) is 19.3 Å². The van der Waals surface area contributed by atoms with Gasteiger partial charge in [-0.1, -0.05) is 72.1 Å². The van der Waals surface area contributed by atoms with Crippen molar-refractivity contribution in [2.45, 2.75) is 96.1 Å². The molecule has 154 valence electrons. The zero-order valence-electron chi connectivity index (χ0n) is 19.0. The Morgan fingerprint density at radius 1 is 0.690 bits per heavy atom. The van der Waals surface area contributed by atoms with Crippen molar-refractivity contribution in [1.82, 2.24) is 0 Å². The molecule has 0 N–H and O–H groups in total. The van der Waals surface area contributed by atoms with E-state index in [-0.39, 0.29) is 121 Å². The smallest absolute Gasteiger partial charge is 0.747 e. The molecular weight excluding hydrogens is 429 g/mol. The number of carbonyl (C=O) groups is 2. The van der Waals surface area contributed by atoms with E-state index in [1.54, 1.807) is 13.8 Å². The van der Waals surface area contributed by atoms with E-state index < -0.39 is 38.6 Å². The number of carboxylic acids is 2. The number of unbranched alkanes of at least 4 members (excludes halogenated alkanes) is 5. The van der Waals surface area contributed by atoms with Gasteiger partial charge in [0.1, 0.15) is 14.9 Å². The molecule has 0 saturated carbocycles. The summed E-state index contributed by atoms with van der Waals surface area (Å²) in [6, 6.07) is 0. The molecule has 1 unspecified atom stereocenters. The Hall–Kier alpha value is 1.85. The molecule has 0 aliphatic heterocycles. The predicted octanol–water partition coefficient (Wildman–Crippen LogP) is -7.88. The maximum atomic E-state index is 12.2. The van der Waals surface area contributed by atoms with Crippen molar-refractivity contribution >= 4 is 22.1 Å². The molecule has 0 amide bonds. The maximum absolute atomic E-state index is 12.2. The Labute approximate surface area is 242 Å². The maximum Gasteiger partial charge on any atom is 1.00 e. The van der Waals surface area contributed by atoms with Crippen molar-refractivity contribution in [3.8, 4) is 0 Å². The molecular formula is C18H31Na3O7S. The molecule has 1 atom stereocenters. The minimum atomic E-state index is -5.51. The second kappa shape index (κ2) is 18.3. The second-order valence-corrected chi connectivity index (χ2v) is 8.56. The Kier molecular flexibility index (Phi) is 24.1. The summed E-state index contributed by atoms with van der Waals surface area (Å²) in [5.74, 6) is -3.92. The van der Waals surface area contributed by atoms with Crippen LogP contribution in [0, 0.1) is 5.41 Å². The van der Waals surface area contributed by atoms with Gasteiger partial charge in [0.05, 0.1) is 5.97 Å². The van der Waals surface area contributed by atoms with Gasteiger partial charge in [0.2, 0.25) is 0 Å². The Bertz CT molecular complexity index is 562. The first-order chi connectivity index (χ1) is 12.1. The fourth-order valence-corrected chi connectivity index (χ4v) is 5.02. The third-order valence-corrected chi connectivity index (χ3v) is 6.83. The van der Waals surface area contributed by atoms with E-state index in [4.69, 9.17) is 0 Å². The molecule has 0 spiro atoms. The van der Waals surface area contributed by atoms with Gasteiger partial charge in [0, 0.05) is 11.4 Å². The van der Waals surface area contributed by atoms with E-state index in [2.05, 4.69) is 0 Å². The second-order valence-electron chi connectivity index (χ2n) is 6.96. The van der Waals surface area contributed by atoms with E-state index in [0.717, 1.165) is 12.8 Å². The van der Waals surface area contributed by atoms with Crippen LogP contribution in [0.5, 0.6) is 0 Å². The molecule has 0 radical (unpaired) electrons. The van der Waals surface area contributed by atoms with Crippen molar-refractivity contribution in [1.29, 1.82) is 0 Å². The summed E-state index contributed by atoms with van der Waals surface area (Å²) in [6.07, 6.45) is 2.73. The van der Waals surface area contributed by atoms with Gasteiger partial charge in [-0.25, -0.2) is 8.42 Å². The Morgan fingerprint density at radius 2 is 1.10 bits per heavy atom. The fraction of sp³-hybridized carbons (Fsp3) is 0.889. The molecule has 0 aromatic heterocycles. The molecule has 29 heavy (non-hydrogen) atoms. The number of hydrogen-bond acceptors (Lipinski definition) is 7. The molecule has 0 aromatic carbocycles. The van der Waals surface area contributed by atoms with Crippen LogP contribution in [0.3, 0.4) is 0 Å². The van der Waals surface area contributed by atoms with Crippen LogP contribution in [0.15, 0.2) is 0 Å². The molecule has 0 aromatic rings. The fourth-order valence-electron chi connectivity index (χ4n) is 3.66. The number of carboxylic acid groups (broad SMARTS) is 2. The summed E-state index contributed by atoms with van der Waals surface area (Å²) in [6.45, 7) is 5.46. The van der Waals surface area contributed by atoms with Crippen LogP contribution in [0.25, 0.3) is 0 Å². The largest absolute Gasteiger partial charge is 1.00 e. The van der Waals surface area contributed by atoms with Crippen LogP contribution >= 0.6 is 0 Å². The van der Waals surface area contributed by atoms with Crippen molar-refractivity contribution in [2.24, 2.45) is 5.41 Å². The minimum absolute atomic E-state index is 0. The van der Waals surface area contributed by atoms with Gasteiger partial charge in [0.15, 0.2) is 0 Å². The molecule has 11 heteroatoms. The molecule has 0 rings (SSSR count). The van der Waals surface area contributed by atoms with Gasteiger partial charge in [-0.15, -0.1) is 0 Å². The average molecular weight is 460 g/mol. The van der Waals surface area contributed by atoms with Gasteiger partial charge in [-0.3, -0.25) is 0 Å². The molecule has 0 fully saturated rings. The Balaban J connectivity index is -0.00000104. The van der Waals surface area contributed by atoms with Crippen LogP contribution < -0.4 is 98.9 Å². The Morgan fingerprint density at radius 3 is 1.38 bits per heavy atom. The van der Waals surface area contributed by atoms with Crippen LogP contribution in [-0.2, 0) is 19.7 Å². The number of carbonyl (C=O) groups excluding carboxylic acids is 2. The topological polar surface area (TPSA) is 137 Å². The first kappa shape index (κ1) is 38.1. The molecule has 0 aliphatic carbocycles. The first-order valence-corrected chi connectivity index (χ1v) is 10.9. The summed E-state index contributed by atoms with van der Waals surface area (Å²) in [7, 11) is -5.51. The summed E-state index contributed by atoms with van der Waals surface area (Å²) in [5.41, 5.74) is -2.29. The zero-order chi connectivity index (χ0) is 20.4. The van der Waals surface area contributed by atoms with Gasteiger partial charge >= 0.3 is 88.7 Å². The zero-order valence-corrected chi connectivity index (χ0v) is 25.9. The number of rotatable bonds is 15. The van der Waals surface area contributed by atoms with E-state index in [9.17, 15) is 32.8 Å². The van der Waals surface area contributed by atoms with Gasteiger partial charge in [-0.2, -0.15) is 0 Å². The van der Waals surface area contributed by atoms with Gasteiger partial charge in [0.25, 0.3) is 0 Å². The average Bonchev–Trinajstić information content (AvgIpc) is 2.54. The van der Waals surface area contributed by atoms with Crippen LogP contribution in [0.1, 0.15) is 91.4 Å². The SMILES string of the molecule is CCCCCCC(C(=O)[O-])(C(CCCC)(CCCC)C(=O)[O-])S(=O)(=O)[O-].[Na+].[Na+].[Na+]. The molecule has 0 aliphatic rings. The molecule has 0 bridgehead atoms. The van der Waals surface area contributed by atoms with E-state index >= 15 is 0 Å². The van der Waals surface area contributed by atoms with E-state index in [1.165, 1.54) is 0 Å². The van der Waals surface area contributed by atoms with Gasteiger partial charge in [-0.05, 0) is 19.3 Å². The summed E-state index contributed by atoms with van der Waals surface area (Å²) < 4.78 is 33.5. The number of aliphatic carboxylic acids is 2. The third kappa shape index (κ3) is 9.70. The third-order valence-electron chi connectivity index (χ3n) is 5.22. The van der Waals surface area contributed by atoms with E-state index in [1.807, 2.05) is 6.92 Å².